The predicted molar refractivity (Wildman–Crippen MR) is 72.3 cm³/mol. The van der Waals surface area contributed by atoms with Crippen molar-refractivity contribution in [1.29, 1.82) is 0 Å². The highest BCUT2D eigenvalue weighted by molar-refractivity contribution is 5.71. The van der Waals surface area contributed by atoms with E-state index in [1.807, 2.05) is 13.8 Å². The lowest BCUT2D eigenvalue weighted by Crippen LogP contribution is -1.93. The fraction of sp³-hybridized carbons (Fsp3) is 0.143. The number of hydrogen-bond donors (Lipinski definition) is 5. The summed E-state index contributed by atoms with van der Waals surface area (Å²) >= 11 is 0. The third-order valence-corrected chi connectivity index (χ3v) is 2.96. The summed E-state index contributed by atoms with van der Waals surface area (Å²) in [4.78, 5) is 0. The zero-order valence-electron chi connectivity index (χ0n) is 10.6. The summed E-state index contributed by atoms with van der Waals surface area (Å²) in [5.74, 6) is -1.39. The van der Waals surface area contributed by atoms with Crippen LogP contribution in [0.3, 0.4) is 0 Å². The lowest BCUT2D eigenvalue weighted by atomic mass is 10.1. The molecule has 5 N–H and O–H groups in total. The molecule has 0 spiro atoms. The fourth-order valence-electron chi connectivity index (χ4n) is 1.73. The van der Waals surface area contributed by atoms with Crippen LogP contribution >= 0.6 is 0 Å². The molecule has 0 unspecified atom stereocenters. The zero-order chi connectivity index (χ0) is 14.2. The average molecular weight is 261 g/mol. The lowest BCUT2D eigenvalue weighted by molar-refractivity contribution is 0.368. The van der Waals surface area contributed by atoms with E-state index in [1.54, 1.807) is 12.1 Å². The molecule has 2 aromatic rings. The van der Waals surface area contributed by atoms with Gasteiger partial charge in [-0.15, -0.1) is 0 Å². The van der Waals surface area contributed by atoms with Gasteiger partial charge in [-0.3, -0.25) is 0 Å². The van der Waals surface area contributed by atoms with Crippen molar-refractivity contribution in [3.8, 4) is 23.0 Å². The first-order valence-electron chi connectivity index (χ1n) is 5.70. The third kappa shape index (κ3) is 2.49. The highest BCUT2D eigenvalue weighted by Crippen LogP contribution is 2.39. The first-order chi connectivity index (χ1) is 8.88. The van der Waals surface area contributed by atoms with Gasteiger partial charge in [-0.1, -0.05) is 0 Å². The van der Waals surface area contributed by atoms with Crippen LogP contribution in [0.5, 0.6) is 23.0 Å². The first kappa shape index (κ1) is 12.9. The van der Waals surface area contributed by atoms with E-state index in [-0.39, 0.29) is 5.75 Å². The van der Waals surface area contributed by atoms with E-state index in [9.17, 15) is 20.4 Å². The van der Waals surface area contributed by atoms with Gasteiger partial charge in [-0.05, 0) is 37.1 Å². The van der Waals surface area contributed by atoms with Crippen molar-refractivity contribution >= 4 is 11.4 Å². The van der Waals surface area contributed by atoms with Crippen LogP contribution in [0, 0.1) is 13.8 Å². The van der Waals surface area contributed by atoms with Crippen LogP contribution in [-0.2, 0) is 0 Å². The molecule has 0 aliphatic rings. The van der Waals surface area contributed by atoms with Crippen molar-refractivity contribution in [3.63, 3.8) is 0 Å². The van der Waals surface area contributed by atoms with E-state index in [1.165, 1.54) is 12.1 Å². The van der Waals surface area contributed by atoms with Crippen molar-refractivity contribution in [3.05, 3.63) is 35.4 Å². The molecule has 0 aliphatic heterocycles. The monoisotopic (exact) mass is 261 g/mol. The zero-order valence-corrected chi connectivity index (χ0v) is 10.6. The number of nitrogens with one attached hydrogen (secondary N) is 1. The van der Waals surface area contributed by atoms with E-state index in [0.29, 0.717) is 11.4 Å². The molecule has 0 aromatic heterocycles. The molecule has 0 heterocycles. The number of phenolic OH excluding ortho intramolecular Hbond substituents is 4. The molecule has 0 atom stereocenters. The van der Waals surface area contributed by atoms with E-state index in [2.05, 4.69) is 5.32 Å². The second-order valence-corrected chi connectivity index (χ2v) is 4.44. The van der Waals surface area contributed by atoms with Crippen LogP contribution in [0.4, 0.5) is 11.4 Å². The summed E-state index contributed by atoms with van der Waals surface area (Å²) < 4.78 is 0. The Balaban J connectivity index is 2.39. The van der Waals surface area contributed by atoms with Crippen LogP contribution in [0.15, 0.2) is 24.3 Å². The summed E-state index contributed by atoms with van der Waals surface area (Å²) in [7, 11) is 0. The Hall–Kier alpha value is -2.56. The highest BCUT2D eigenvalue weighted by atomic mass is 16.3. The van der Waals surface area contributed by atoms with Crippen molar-refractivity contribution in [1.82, 2.24) is 0 Å². The number of aromatic hydroxyl groups is 4. The van der Waals surface area contributed by atoms with Gasteiger partial charge in [0.2, 0.25) is 0 Å². The van der Waals surface area contributed by atoms with Gasteiger partial charge in [0, 0.05) is 17.8 Å². The minimum atomic E-state index is -0.574. The largest absolute Gasteiger partial charge is 0.506 e. The molecule has 0 saturated heterocycles. The maximum Gasteiger partial charge on any atom is 0.200 e. The van der Waals surface area contributed by atoms with E-state index >= 15 is 0 Å². The molecular weight excluding hydrogens is 246 g/mol. The number of hydrogen-bond acceptors (Lipinski definition) is 5. The summed E-state index contributed by atoms with van der Waals surface area (Å²) in [5.41, 5.74) is 2.76. The summed E-state index contributed by atoms with van der Waals surface area (Å²) in [6.07, 6.45) is 0. The second-order valence-electron chi connectivity index (χ2n) is 4.44. The molecule has 5 nitrogen and oxygen atoms in total. The molecule has 0 amide bonds. The highest BCUT2D eigenvalue weighted by Gasteiger charge is 2.10. The van der Waals surface area contributed by atoms with Gasteiger partial charge in [0.15, 0.2) is 17.2 Å². The summed E-state index contributed by atoms with van der Waals surface area (Å²) in [6, 6.07) is 5.89. The number of phenols is 4. The Morgan fingerprint density at radius 1 is 0.737 bits per heavy atom. The van der Waals surface area contributed by atoms with Crippen LogP contribution in [0.1, 0.15) is 11.1 Å². The van der Waals surface area contributed by atoms with Crippen molar-refractivity contribution in [2.75, 3.05) is 5.32 Å². The van der Waals surface area contributed by atoms with Gasteiger partial charge in [-0.25, -0.2) is 0 Å². The van der Waals surface area contributed by atoms with E-state index < -0.39 is 17.2 Å². The van der Waals surface area contributed by atoms with Crippen molar-refractivity contribution in [2.24, 2.45) is 0 Å². The SMILES string of the molecule is Cc1cc(O)c(Nc2cc(O)c(O)c(O)c2)cc1C. The van der Waals surface area contributed by atoms with Crippen LogP contribution in [0.25, 0.3) is 0 Å². The normalized spacial score (nSPS) is 10.4. The maximum atomic E-state index is 9.83. The fourth-order valence-corrected chi connectivity index (χ4v) is 1.73. The van der Waals surface area contributed by atoms with Gasteiger partial charge >= 0.3 is 0 Å². The molecule has 0 bridgehead atoms. The molecule has 0 aliphatic carbocycles. The smallest absolute Gasteiger partial charge is 0.200 e. The van der Waals surface area contributed by atoms with E-state index in [0.717, 1.165) is 11.1 Å². The molecule has 5 heteroatoms. The molecule has 100 valence electrons. The standard InChI is InChI=1S/C14H15NO4/c1-7-3-10(11(16)4-8(7)2)15-9-5-12(17)14(19)13(18)6-9/h3-6,15-19H,1-2H3. The Morgan fingerprint density at radius 2 is 1.26 bits per heavy atom. The molecule has 2 aromatic carbocycles. The Labute approximate surface area is 110 Å². The quantitative estimate of drug-likeness (QED) is 0.423. The maximum absolute atomic E-state index is 9.83. The lowest BCUT2D eigenvalue weighted by Gasteiger charge is -2.12. The number of aryl methyl sites for hydroxylation is 2. The van der Waals surface area contributed by atoms with Crippen molar-refractivity contribution in [2.45, 2.75) is 13.8 Å². The molecule has 2 rings (SSSR count). The van der Waals surface area contributed by atoms with Gasteiger partial charge in [0.25, 0.3) is 0 Å². The first-order valence-corrected chi connectivity index (χ1v) is 5.70. The van der Waals surface area contributed by atoms with Gasteiger partial charge in [0.05, 0.1) is 5.69 Å². The van der Waals surface area contributed by atoms with Crippen LogP contribution in [0.2, 0.25) is 0 Å². The summed E-state index contributed by atoms with van der Waals surface area (Å²) in [6.45, 7) is 3.79. The number of benzene rings is 2. The molecular formula is C14H15NO4. The van der Waals surface area contributed by atoms with Crippen LogP contribution < -0.4 is 5.32 Å². The van der Waals surface area contributed by atoms with Gasteiger partial charge < -0.3 is 25.7 Å². The second kappa shape index (κ2) is 4.61. The topological polar surface area (TPSA) is 93.0 Å². The molecule has 0 radical (unpaired) electrons. The summed E-state index contributed by atoms with van der Waals surface area (Å²) in [5, 5.41) is 40.8. The van der Waals surface area contributed by atoms with Gasteiger partial charge in [0.1, 0.15) is 5.75 Å². The molecule has 19 heavy (non-hydrogen) atoms. The predicted octanol–water partition coefficient (Wildman–Crippen LogP) is 2.87. The Morgan fingerprint density at radius 3 is 1.84 bits per heavy atom. The number of rotatable bonds is 2. The third-order valence-electron chi connectivity index (χ3n) is 2.96. The molecule has 0 fully saturated rings. The average Bonchev–Trinajstić information content (AvgIpc) is 2.33. The molecule has 0 saturated carbocycles. The van der Waals surface area contributed by atoms with Crippen LogP contribution in [-0.4, -0.2) is 20.4 Å². The minimum Gasteiger partial charge on any atom is -0.506 e. The Kier molecular flexibility index (Phi) is 3.12. The number of anilines is 2. The minimum absolute atomic E-state index is 0.0650. The van der Waals surface area contributed by atoms with E-state index in [4.69, 9.17) is 0 Å². The van der Waals surface area contributed by atoms with Crippen molar-refractivity contribution < 1.29 is 20.4 Å². The Bertz CT molecular complexity index is 615. The van der Waals surface area contributed by atoms with Gasteiger partial charge in [-0.2, -0.15) is 0 Å².